The van der Waals surface area contributed by atoms with Crippen molar-refractivity contribution in [1.29, 1.82) is 0 Å². The molecule has 0 saturated carbocycles. The van der Waals surface area contributed by atoms with Gasteiger partial charge in [-0.1, -0.05) is 24.3 Å². The molecule has 0 aliphatic carbocycles. The number of benzene rings is 2. The van der Waals surface area contributed by atoms with Crippen molar-refractivity contribution in [3.63, 3.8) is 0 Å². The summed E-state index contributed by atoms with van der Waals surface area (Å²) in [6, 6.07) is 14.8. The third-order valence-corrected chi connectivity index (χ3v) is 5.33. The summed E-state index contributed by atoms with van der Waals surface area (Å²) in [4.78, 5) is 7.33. The monoisotopic (exact) mass is 379 g/mol. The van der Waals surface area contributed by atoms with Crippen molar-refractivity contribution >= 4 is 11.0 Å². The summed E-state index contributed by atoms with van der Waals surface area (Å²) in [6.45, 7) is 10.2. The maximum Gasteiger partial charge on any atom is 0.124 e. The predicted molar refractivity (Wildman–Crippen MR) is 112 cm³/mol. The molecule has 5 nitrogen and oxygen atoms in total. The number of ether oxygens (including phenoxy) is 2. The topological polar surface area (TPSA) is 39.5 Å². The second-order valence-corrected chi connectivity index (χ2v) is 7.53. The SMILES string of the molecule is Cc1ccc(C)c(OCCCn2c(CN3CCOCC3)nc3ccccc32)c1. The van der Waals surface area contributed by atoms with Crippen LogP contribution in [-0.2, 0) is 17.8 Å². The van der Waals surface area contributed by atoms with Gasteiger partial charge < -0.3 is 14.0 Å². The molecule has 0 spiro atoms. The zero-order valence-corrected chi connectivity index (χ0v) is 16.9. The first-order valence-electron chi connectivity index (χ1n) is 10.1. The van der Waals surface area contributed by atoms with Crippen molar-refractivity contribution in [2.75, 3.05) is 32.9 Å². The fourth-order valence-electron chi connectivity index (χ4n) is 3.72. The first-order valence-corrected chi connectivity index (χ1v) is 10.1. The molecule has 0 radical (unpaired) electrons. The highest BCUT2D eigenvalue weighted by Crippen LogP contribution is 2.21. The number of aryl methyl sites for hydroxylation is 3. The molecular formula is C23H29N3O2. The van der Waals surface area contributed by atoms with Crippen molar-refractivity contribution in [3.05, 3.63) is 59.4 Å². The van der Waals surface area contributed by atoms with Crippen molar-refractivity contribution < 1.29 is 9.47 Å². The molecule has 148 valence electrons. The Morgan fingerprint density at radius 2 is 1.89 bits per heavy atom. The van der Waals surface area contributed by atoms with Gasteiger partial charge in [-0.15, -0.1) is 0 Å². The molecule has 4 rings (SSSR count). The van der Waals surface area contributed by atoms with Crippen LogP contribution >= 0.6 is 0 Å². The van der Waals surface area contributed by atoms with Crippen LogP contribution in [0.5, 0.6) is 5.75 Å². The van der Waals surface area contributed by atoms with E-state index >= 15 is 0 Å². The van der Waals surface area contributed by atoms with Gasteiger partial charge in [-0.3, -0.25) is 4.90 Å². The van der Waals surface area contributed by atoms with E-state index in [0.29, 0.717) is 6.61 Å². The Labute approximate surface area is 166 Å². The summed E-state index contributed by atoms with van der Waals surface area (Å²) in [5.74, 6) is 2.12. The van der Waals surface area contributed by atoms with Crippen LogP contribution in [0.3, 0.4) is 0 Å². The molecular weight excluding hydrogens is 350 g/mol. The summed E-state index contributed by atoms with van der Waals surface area (Å²) in [5.41, 5.74) is 4.69. The Balaban J connectivity index is 1.44. The van der Waals surface area contributed by atoms with Crippen LogP contribution < -0.4 is 4.74 Å². The van der Waals surface area contributed by atoms with E-state index < -0.39 is 0 Å². The van der Waals surface area contributed by atoms with Gasteiger partial charge in [0.2, 0.25) is 0 Å². The lowest BCUT2D eigenvalue weighted by Gasteiger charge is -2.26. The van der Waals surface area contributed by atoms with Crippen LogP contribution in [0.1, 0.15) is 23.4 Å². The quantitative estimate of drug-likeness (QED) is 0.583. The number of aromatic nitrogens is 2. The van der Waals surface area contributed by atoms with E-state index in [0.717, 1.165) is 62.9 Å². The maximum atomic E-state index is 6.06. The van der Waals surface area contributed by atoms with E-state index in [1.54, 1.807) is 0 Å². The van der Waals surface area contributed by atoms with Crippen LogP contribution in [0.25, 0.3) is 11.0 Å². The van der Waals surface area contributed by atoms with Crippen LogP contribution in [-0.4, -0.2) is 47.4 Å². The second-order valence-electron chi connectivity index (χ2n) is 7.53. The lowest BCUT2D eigenvalue weighted by Crippen LogP contribution is -2.36. The molecule has 1 fully saturated rings. The smallest absolute Gasteiger partial charge is 0.124 e. The summed E-state index contributed by atoms with van der Waals surface area (Å²) < 4.78 is 13.9. The van der Waals surface area contributed by atoms with Crippen LogP contribution in [0, 0.1) is 13.8 Å². The number of imidazole rings is 1. The Hall–Kier alpha value is -2.37. The standard InChI is InChI=1S/C23H29N3O2/c1-18-8-9-19(2)22(16-18)28-13-5-10-26-21-7-4-3-6-20(21)24-23(26)17-25-11-14-27-15-12-25/h3-4,6-9,16H,5,10-15,17H2,1-2H3. The third-order valence-electron chi connectivity index (χ3n) is 5.33. The van der Waals surface area contributed by atoms with Crippen molar-refractivity contribution in [2.45, 2.75) is 33.4 Å². The van der Waals surface area contributed by atoms with Gasteiger partial charge in [-0.2, -0.15) is 0 Å². The number of hydrogen-bond acceptors (Lipinski definition) is 4. The van der Waals surface area contributed by atoms with Crippen LogP contribution in [0.2, 0.25) is 0 Å². The lowest BCUT2D eigenvalue weighted by atomic mass is 10.1. The minimum absolute atomic E-state index is 0.702. The number of rotatable bonds is 7. The van der Waals surface area contributed by atoms with Gasteiger partial charge >= 0.3 is 0 Å². The molecule has 0 amide bonds. The van der Waals surface area contributed by atoms with Gasteiger partial charge in [-0.25, -0.2) is 4.98 Å². The number of morpholine rings is 1. The van der Waals surface area contributed by atoms with Gasteiger partial charge in [0.25, 0.3) is 0 Å². The minimum atomic E-state index is 0.702. The summed E-state index contributed by atoms with van der Waals surface area (Å²) in [7, 11) is 0. The maximum absolute atomic E-state index is 6.06. The van der Waals surface area contributed by atoms with Crippen LogP contribution in [0.15, 0.2) is 42.5 Å². The van der Waals surface area contributed by atoms with Gasteiger partial charge in [0, 0.05) is 19.6 Å². The molecule has 0 bridgehead atoms. The van der Waals surface area contributed by atoms with E-state index in [1.807, 2.05) is 0 Å². The molecule has 0 unspecified atom stereocenters. The first-order chi connectivity index (χ1) is 13.7. The normalized spacial score (nSPS) is 15.2. The first kappa shape index (κ1) is 19.0. The van der Waals surface area contributed by atoms with Gasteiger partial charge in [0.15, 0.2) is 0 Å². The van der Waals surface area contributed by atoms with E-state index in [-0.39, 0.29) is 0 Å². The van der Waals surface area contributed by atoms with Crippen LogP contribution in [0.4, 0.5) is 0 Å². The Morgan fingerprint density at radius 3 is 2.75 bits per heavy atom. The fraction of sp³-hybridized carbons (Fsp3) is 0.435. The molecule has 2 heterocycles. The van der Waals surface area contributed by atoms with E-state index in [4.69, 9.17) is 14.5 Å². The number of hydrogen-bond donors (Lipinski definition) is 0. The molecule has 0 N–H and O–H groups in total. The second kappa shape index (κ2) is 8.76. The minimum Gasteiger partial charge on any atom is -0.493 e. The molecule has 1 saturated heterocycles. The van der Waals surface area contributed by atoms with Crippen molar-refractivity contribution in [1.82, 2.24) is 14.5 Å². The fourth-order valence-corrected chi connectivity index (χ4v) is 3.72. The van der Waals surface area contributed by atoms with E-state index in [2.05, 4.69) is 65.8 Å². The van der Waals surface area contributed by atoms with E-state index in [1.165, 1.54) is 16.6 Å². The predicted octanol–water partition coefficient (Wildman–Crippen LogP) is 3.95. The highest BCUT2D eigenvalue weighted by molar-refractivity contribution is 5.75. The third kappa shape index (κ3) is 4.37. The van der Waals surface area contributed by atoms with Gasteiger partial charge in [0.05, 0.1) is 37.4 Å². The Kier molecular flexibility index (Phi) is 5.93. The molecule has 5 heteroatoms. The molecule has 2 aromatic carbocycles. The Morgan fingerprint density at radius 1 is 1.07 bits per heavy atom. The molecule has 1 aromatic heterocycles. The zero-order valence-electron chi connectivity index (χ0n) is 16.9. The van der Waals surface area contributed by atoms with E-state index in [9.17, 15) is 0 Å². The van der Waals surface area contributed by atoms with Gasteiger partial charge in [-0.05, 0) is 49.6 Å². The van der Waals surface area contributed by atoms with Crippen molar-refractivity contribution in [2.24, 2.45) is 0 Å². The van der Waals surface area contributed by atoms with Gasteiger partial charge in [0.1, 0.15) is 11.6 Å². The number of para-hydroxylation sites is 2. The van der Waals surface area contributed by atoms with Crippen molar-refractivity contribution in [3.8, 4) is 5.75 Å². The zero-order chi connectivity index (χ0) is 19.3. The summed E-state index contributed by atoms with van der Waals surface area (Å²) in [6.07, 6.45) is 0.948. The lowest BCUT2D eigenvalue weighted by molar-refractivity contribution is 0.0326. The largest absolute Gasteiger partial charge is 0.493 e. The highest BCUT2D eigenvalue weighted by atomic mass is 16.5. The highest BCUT2D eigenvalue weighted by Gasteiger charge is 2.16. The number of nitrogens with zero attached hydrogens (tertiary/aromatic N) is 3. The molecule has 0 atom stereocenters. The average Bonchev–Trinajstić information content (AvgIpc) is 3.05. The molecule has 1 aliphatic rings. The summed E-state index contributed by atoms with van der Waals surface area (Å²) >= 11 is 0. The average molecular weight is 380 g/mol. The molecule has 1 aliphatic heterocycles. The molecule has 28 heavy (non-hydrogen) atoms. The molecule has 3 aromatic rings. The summed E-state index contributed by atoms with van der Waals surface area (Å²) in [5, 5.41) is 0. The number of fused-ring (bicyclic) bond motifs is 1. The Bertz CT molecular complexity index is 929.